The number of nitrogens with two attached hydrogens (primary N) is 1. The predicted octanol–water partition coefficient (Wildman–Crippen LogP) is 3.86. The Balaban J connectivity index is 2.12. The molecule has 0 amide bonds. The zero-order valence-corrected chi connectivity index (χ0v) is 12.1. The Bertz CT molecular complexity index is 613. The highest BCUT2D eigenvalue weighted by atomic mass is 35.5. The van der Waals surface area contributed by atoms with Crippen molar-refractivity contribution in [3.05, 3.63) is 64.2 Å². The Hall–Kier alpha value is -1.58. The fourth-order valence-corrected chi connectivity index (χ4v) is 1.99. The van der Waals surface area contributed by atoms with Crippen molar-refractivity contribution in [3.63, 3.8) is 0 Å². The molecule has 0 saturated carbocycles. The summed E-state index contributed by atoms with van der Waals surface area (Å²) in [6.45, 7) is 2.44. The zero-order valence-electron chi connectivity index (χ0n) is 10.5. The van der Waals surface area contributed by atoms with E-state index in [1.54, 1.807) is 0 Å². The normalized spacial score (nSPS) is 10.2. The number of hydrogen-bond acceptors (Lipinski definition) is 2. The number of thiocarbonyl (C=S) groups is 1. The molecule has 0 heterocycles. The molecule has 0 unspecified atom stereocenters. The van der Waals surface area contributed by atoms with Crippen LogP contribution in [-0.2, 0) is 6.61 Å². The minimum absolute atomic E-state index is 0.390. The first-order valence-corrected chi connectivity index (χ1v) is 6.62. The van der Waals surface area contributed by atoms with Crippen molar-refractivity contribution in [2.45, 2.75) is 13.5 Å². The average molecular weight is 292 g/mol. The fourth-order valence-electron chi connectivity index (χ4n) is 1.70. The molecule has 0 aliphatic carbocycles. The first-order chi connectivity index (χ1) is 9.06. The lowest BCUT2D eigenvalue weighted by Gasteiger charge is -2.10. The van der Waals surface area contributed by atoms with Crippen LogP contribution in [0, 0.1) is 6.92 Å². The van der Waals surface area contributed by atoms with Crippen LogP contribution in [0.15, 0.2) is 42.5 Å². The lowest BCUT2D eigenvalue weighted by Crippen LogP contribution is -2.09. The number of ether oxygens (including phenoxy) is 1. The van der Waals surface area contributed by atoms with Crippen LogP contribution in [0.3, 0.4) is 0 Å². The Morgan fingerprint density at radius 2 is 2.05 bits per heavy atom. The maximum absolute atomic E-state index is 5.95. The second-order valence-electron chi connectivity index (χ2n) is 4.26. The minimum atomic E-state index is 0.390. The lowest BCUT2D eigenvalue weighted by atomic mass is 10.1. The van der Waals surface area contributed by atoms with Crippen molar-refractivity contribution < 1.29 is 4.74 Å². The van der Waals surface area contributed by atoms with E-state index < -0.39 is 0 Å². The van der Waals surface area contributed by atoms with Gasteiger partial charge in [-0.1, -0.05) is 48.1 Å². The van der Waals surface area contributed by atoms with E-state index in [-0.39, 0.29) is 0 Å². The minimum Gasteiger partial charge on any atom is -0.489 e. The van der Waals surface area contributed by atoms with Crippen molar-refractivity contribution in [1.29, 1.82) is 0 Å². The number of aryl methyl sites for hydroxylation is 1. The van der Waals surface area contributed by atoms with Gasteiger partial charge >= 0.3 is 0 Å². The maximum Gasteiger partial charge on any atom is 0.124 e. The molecule has 0 radical (unpaired) electrons. The SMILES string of the molecule is Cc1ccc(Cl)cc1OCc1cccc(C(N)=S)c1. The third-order valence-corrected chi connectivity index (χ3v) is 3.23. The molecule has 2 aromatic carbocycles. The molecule has 2 aromatic rings. The van der Waals surface area contributed by atoms with Gasteiger partial charge < -0.3 is 10.5 Å². The fraction of sp³-hybridized carbons (Fsp3) is 0.133. The van der Waals surface area contributed by atoms with Gasteiger partial charge in [0.15, 0.2) is 0 Å². The summed E-state index contributed by atoms with van der Waals surface area (Å²) in [7, 11) is 0. The number of rotatable bonds is 4. The van der Waals surface area contributed by atoms with E-state index in [0.717, 1.165) is 22.4 Å². The topological polar surface area (TPSA) is 35.2 Å². The summed E-state index contributed by atoms with van der Waals surface area (Å²) in [5, 5.41) is 0.664. The molecule has 19 heavy (non-hydrogen) atoms. The first kappa shape index (κ1) is 13.8. The van der Waals surface area contributed by atoms with E-state index in [4.69, 9.17) is 34.3 Å². The molecule has 0 aliphatic heterocycles. The molecule has 0 fully saturated rings. The average Bonchev–Trinajstić information content (AvgIpc) is 2.40. The van der Waals surface area contributed by atoms with E-state index in [0.29, 0.717) is 16.6 Å². The van der Waals surface area contributed by atoms with Crippen LogP contribution in [0.1, 0.15) is 16.7 Å². The molecule has 2 nitrogen and oxygen atoms in total. The lowest BCUT2D eigenvalue weighted by molar-refractivity contribution is 0.304. The molecule has 98 valence electrons. The van der Waals surface area contributed by atoms with Gasteiger partial charge in [0.05, 0.1) is 0 Å². The zero-order chi connectivity index (χ0) is 13.8. The third kappa shape index (κ3) is 3.69. The van der Waals surface area contributed by atoms with Gasteiger partial charge in [-0.25, -0.2) is 0 Å². The van der Waals surface area contributed by atoms with Crippen LogP contribution in [-0.4, -0.2) is 4.99 Å². The summed E-state index contributed by atoms with van der Waals surface area (Å²) in [6.07, 6.45) is 0. The Labute approximate surface area is 123 Å². The molecule has 0 bridgehead atoms. The van der Waals surface area contributed by atoms with Gasteiger partial charge in [-0.05, 0) is 36.2 Å². The van der Waals surface area contributed by atoms with Crippen LogP contribution in [0.4, 0.5) is 0 Å². The molecule has 0 spiro atoms. The molecule has 2 N–H and O–H groups in total. The smallest absolute Gasteiger partial charge is 0.124 e. The molecule has 0 atom stereocenters. The third-order valence-electron chi connectivity index (χ3n) is 2.76. The molecule has 0 saturated heterocycles. The van der Waals surface area contributed by atoms with E-state index >= 15 is 0 Å². The Morgan fingerprint density at radius 3 is 2.79 bits per heavy atom. The van der Waals surface area contributed by atoms with E-state index in [2.05, 4.69) is 0 Å². The molecular formula is C15H14ClNOS. The highest BCUT2D eigenvalue weighted by Crippen LogP contribution is 2.23. The van der Waals surface area contributed by atoms with Gasteiger partial charge in [-0.3, -0.25) is 0 Å². The second kappa shape index (κ2) is 6.04. The summed E-state index contributed by atoms with van der Waals surface area (Å²) in [5.74, 6) is 0.785. The van der Waals surface area contributed by atoms with Gasteiger partial charge in [0, 0.05) is 10.6 Å². The summed E-state index contributed by atoms with van der Waals surface area (Å²) in [4.78, 5) is 0.390. The van der Waals surface area contributed by atoms with Crippen molar-refractivity contribution in [1.82, 2.24) is 0 Å². The van der Waals surface area contributed by atoms with Gasteiger partial charge in [0.2, 0.25) is 0 Å². The molecular weight excluding hydrogens is 278 g/mol. The van der Waals surface area contributed by atoms with Crippen LogP contribution in [0.5, 0.6) is 5.75 Å². The largest absolute Gasteiger partial charge is 0.489 e. The van der Waals surface area contributed by atoms with Gasteiger partial charge in [0.25, 0.3) is 0 Å². The molecule has 0 aliphatic rings. The summed E-state index contributed by atoms with van der Waals surface area (Å²) in [6, 6.07) is 13.3. The van der Waals surface area contributed by atoms with Crippen molar-refractivity contribution in [2.24, 2.45) is 5.73 Å². The quantitative estimate of drug-likeness (QED) is 0.869. The maximum atomic E-state index is 5.95. The number of hydrogen-bond donors (Lipinski definition) is 1. The standard InChI is InChI=1S/C15H14ClNOS/c1-10-5-6-13(16)8-14(10)18-9-11-3-2-4-12(7-11)15(17)19/h2-8H,9H2,1H3,(H2,17,19). The van der Waals surface area contributed by atoms with Crippen LogP contribution in [0.2, 0.25) is 5.02 Å². The molecule has 4 heteroatoms. The van der Waals surface area contributed by atoms with Gasteiger partial charge in [-0.2, -0.15) is 0 Å². The summed E-state index contributed by atoms with van der Waals surface area (Å²) in [5.41, 5.74) is 8.52. The van der Waals surface area contributed by atoms with E-state index in [9.17, 15) is 0 Å². The monoisotopic (exact) mass is 291 g/mol. The predicted molar refractivity (Wildman–Crippen MR) is 82.9 cm³/mol. The number of benzene rings is 2. The van der Waals surface area contributed by atoms with Crippen molar-refractivity contribution in [3.8, 4) is 5.75 Å². The van der Waals surface area contributed by atoms with E-state index in [1.165, 1.54) is 0 Å². The van der Waals surface area contributed by atoms with E-state index in [1.807, 2.05) is 49.4 Å². The first-order valence-electron chi connectivity index (χ1n) is 5.84. The number of halogens is 1. The van der Waals surface area contributed by atoms with Crippen molar-refractivity contribution in [2.75, 3.05) is 0 Å². The summed E-state index contributed by atoms with van der Waals surface area (Å²) >= 11 is 10.9. The van der Waals surface area contributed by atoms with Gasteiger partial charge in [0.1, 0.15) is 17.3 Å². The Kier molecular flexibility index (Phi) is 4.40. The highest BCUT2D eigenvalue weighted by molar-refractivity contribution is 7.80. The van der Waals surface area contributed by atoms with Gasteiger partial charge in [-0.15, -0.1) is 0 Å². The molecule has 2 rings (SSSR count). The summed E-state index contributed by atoms with van der Waals surface area (Å²) < 4.78 is 5.77. The molecule has 0 aromatic heterocycles. The second-order valence-corrected chi connectivity index (χ2v) is 5.14. The van der Waals surface area contributed by atoms with Crippen LogP contribution < -0.4 is 10.5 Å². The van der Waals surface area contributed by atoms with Crippen LogP contribution in [0.25, 0.3) is 0 Å². The Morgan fingerprint density at radius 1 is 1.26 bits per heavy atom. The van der Waals surface area contributed by atoms with Crippen molar-refractivity contribution >= 4 is 28.8 Å². The van der Waals surface area contributed by atoms with Crippen LogP contribution >= 0.6 is 23.8 Å². The highest BCUT2D eigenvalue weighted by Gasteiger charge is 2.03.